The molecule has 3 aromatic heterocycles. The van der Waals surface area contributed by atoms with Crippen LogP contribution in [-0.4, -0.2) is 34.6 Å². The molecule has 0 aliphatic heterocycles. The summed E-state index contributed by atoms with van der Waals surface area (Å²) in [7, 11) is -2.12. The number of sulfonamides is 1. The monoisotopic (exact) mass is 326 g/mol. The third kappa shape index (κ3) is 2.36. The lowest BCUT2D eigenvalue weighted by atomic mass is 10.6. The van der Waals surface area contributed by atoms with E-state index in [0.29, 0.717) is 23.0 Å². The molecule has 10 heteroatoms. The normalized spacial score (nSPS) is 11.9. The van der Waals surface area contributed by atoms with E-state index in [1.165, 1.54) is 17.5 Å². The molecule has 3 rings (SSSR count). The summed E-state index contributed by atoms with van der Waals surface area (Å²) in [5.41, 5.74) is 0.420. The van der Waals surface area contributed by atoms with Crippen LogP contribution in [0.2, 0.25) is 0 Å². The minimum absolute atomic E-state index is 0.0884. The van der Waals surface area contributed by atoms with Crippen LogP contribution in [0.5, 0.6) is 0 Å². The Morgan fingerprint density at radius 1 is 1.43 bits per heavy atom. The van der Waals surface area contributed by atoms with Crippen LogP contribution in [0.15, 0.2) is 29.0 Å². The summed E-state index contributed by atoms with van der Waals surface area (Å²) in [6, 6.07) is 0. The van der Waals surface area contributed by atoms with Gasteiger partial charge in [0.05, 0.1) is 11.9 Å². The fourth-order valence-electron chi connectivity index (χ4n) is 1.98. The van der Waals surface area contributed by atoms with Crippen LogP contribution in [-0.2, 0) is 16.6 Å². The molecule has 0 aromatic carbocycles. The van der Waals surface area contributed by atoms with Gasteiger partial charge in [-0.3, -0.25) is 13.8 Å². The highest BCUT2D eigenvalue weighted by Crippen LogP contribution is 2.26. The molecule has 0 atom stereocenters. The molecule has 0 spiro atoms. The van der Waals surface area contributed by atoms with E-state index in [1.54, 1.807) is 33.9 Å². The average molecular weight is 326 g/mol. The number of fused-ring (bicyclic) bond motifs is 1. The van der Waals surface area contributed by atoms with Crippen molar-refractivity contribution in [2.75, 3.05) is 17.1 Å². The number of anilines is 2. The first-order valence-electron chi connectivity index (χ1n) is 6.23. The summed E-state index contributed by atoms with van der Waals surface area (Å²) in [5, 5.41) is 8.74. The van der Waals surface area contributed by atoms with Gasteiger partial charge >= 0.3 is 0 Å². The summed E-state index contributed by atoms with van der Waals surface area (Å²) in [5.74, 6) is 0.317. The second-order valence-corrected chi connectivity index (χ2v) is 6.73. The highest BCUT2D eigenvalue weighted by molar-refractivity contribution is 7.92. The van der Waals surface area contributed by atoms with Gasteiger partial charge in [-0.05, 0) is 6.92 Å². The summed E-state index contributed by atoms with van der Waals surface area (Å²) in [4.78, 5) is 4.87. The molecule has 0 bridgehead atoms. The van der Waals surface area contributed by atoms with E-state index in [-0.39, 0.29) is 5.03 Å². The fourth-order valence-corrected chi connectivity index (χ4v) is 4.07. The lowest BCUT2D eigenvalue weighted by molar-refractivity contribution is 0.597. The second kappa shape index (κ2) is 5.04. The highest BCUT2D eigenvalue weighted by Gasteiger charge is 2.26. The van der Waals surface area contributed by atoms with Crippen molar-refractivity contribution >= 4 is 37.8 Å². The number of nitrogens with zero attached hydrogens (tertiary/aromatic N) is 4. The molecular weight excluding hydrogens is 312 g/mol. The first-order valence-corrected chi connectivity index (χ1v) is 8.60. The maximum Gasteiger partial charge on any atom is 0.281 e. The molecule has 0 unspecified atom stereocenters. The van der Waals surface area contributed by atoms with Gasteiger partial charge in [0.15, 0.2) is 10.8 Å². The van der Waals surface area contributed by atoms with Crippen LogP contribution in [0.1, 0.15) is 6.92 Å². The largest absolute Gasteiger partial charge is 0.371 e. The fraction of sp³-hybridized carbons (Fsp3) is 0.273. The van der Waals surface area contributed by atoms with Crippen LogP contribution in [0, 0.1) is 0 Å². The van der Waals surface area contributed by atoms with Crippen molar-refractivity contribution in [2.24, 2.45) is 0 Å². The molecule has 0 fully saturated rings. The summed E-state index contributed by atoms with van der Waals surface area (Å²) >= 11 is 1.37. The lowest BCUT2D eigenvalue weighted by Crippen LogP contribution is -2.16. The Labute approximate surface area is 125 Å². The quantitative estimate of drug-likeness (QED) is 0.740. The van der Waals surface area contributed by atoms with E-state index in [1.807, 2.05) is 6.92 Å². The van der Waals surface area contributed by atoms with Crippen molar-refractivity contribution in [3.8, 4) is 0 Å². The summed E-state index contributed by atoms with van der Waals surface area (Å²) in [6.07, 6.45) is 4.80. The zero-order valence-corrected chi connectivity index (χ0v) is 13.1. The number of rotatable bonds is 5. The molecule has 0 amide bonds. The summed E-state index contributed by atoms with van der Waals surface area (Å²) in [6.45, 7) is 2.60. The Morgan fingerprint density at radius 2 is 2.24 bits per heavy atom. The first kappa shape index (κ1) is 13.9. The van der Waals surface area contributed by atoms with Gasteiger partial charge in [-0.1, -0.05) is 0 Å². The van der Waals surface area contributed by atoms with Crippen molar-refractivity contribution in [3.63, 3.8) is 0 Å². The van der Waals surface area contributed by atoms with Gasteiger partial charge in [-0.25, -0.2) is 4.98 Å². The number of thiazole rings is 1. The standard InChI is InChI=1S/C11H14N6O2S2/c1-3-16-7-8(6-13-16)15-21(18,19)10-9(12-2)14-11-17(10)4-5-20-11/h4-7,12,15H,3H2,1-2H3. The minimum Gasteiger partial charge on any atom is -0.371 e. The Hall–Kier alpha value is -2.07. The molecular formula is C11H14N6O2S2. The average Bonchev–Trinajstić information content (AvgIpc) is 3.11. The van der Waals surface area contributed by atoms with Gasteiger partial charge in [0.25, 0.3) is 10.0 Å². The molecule has 2 N–H and O–H groups in total. The van der Waals surface area contributed by atoms with E-state index in [2.05, 4.69) is 20.1 Å². The lowest BCUT2D eigenvalue weighted by Gasteiger charge is -2.06. The number of aryl methyl sites for hydroxylation is 1. The molecule has 0 aliphatic rings. The van der Waals surface area contributed by atoms with Crippen molar-refractivity contribution in [2.45, 2.75) is 18.5 Å². The minimum atomic E-state index is -3.76. The Kier molecular flexibility index (Phi) is 3.33. The first-order chi connectivity index (χ1) is 10.0. The third-order valence-corrected chi connectivity index (χ3v) is 5.08. The molecule has 21 heavy (non-hydrogen) atoms. The van der Waals surface area contributed by atoms with Gasteiger partial charge in [0.1, 0.15) is 0 Å². The maximum absolute atomic E-state index is 12.6. The predicted molar refractivity (Wildman–Crippen MR) is 81.3 cm³/mol. The van der Waals surface area contributed by atoms with Crippen LogP contribution in [0.4, 0.5) is 11.5 Å². The van der Waals surface area contributed by atoms with Gasteiger partial charge in [-0.2, -0.15) is 13.5 Å². The number of aromatic nitrogens is 4. The van der Waals surface area contributed by atoms with Gasteiger partial charge < -0.3 is 5.32 Å². The van der Waals surface area contributed by atoms with Gasteiger partial charge in [-0.15, -0.1) is 11.3 Å². The zero-order chi connectivity index (χ0) is 15.0. The van der Waals surface area contributed by atoms with Gasteiger partial charge in [0, 0.05) is 31.4 Å². The SMILES string of the molecule is CCn1cc(NS(=O)(=O)c2c(NC)nc3sccn23)cn1. The van der Waals surface area contributed by atoms with E-state index in [9.17, 15) is 8.42 Å². The Morgan fingerprint density at radius 3 is 2.90 bits per heavy atom. The third-order valence-electron chi connectivity index (χ3n) is 2.92. The topological polar surface area (TPSA) is 93.3 Å². The van der Waals surface area contributed by atoms with E-state index in [0.717, 1.165) is 0 Å². The van der Waals surface area contributed by atoms with Crippen LogP contribution >= 0.6 is 11.3 Å². The van der Waals surface area contributed by atoms with Crippen molar-refractivity contribution < 1.29 is 8.42 Å². The molecule has 112 valence electrons. The highest BCUT2D eigenvalue weighted by atomic mass is 32.2. The number of imidazole rings is 1. The molecule has 0 radical (unpaired) electrons. The van der Waals surface area contributed by atoms with E-state index < -0.39 is 10.0 Å². The molecule has 0 saturated heterocycles. The van der Waals surface area contributed by atoms with Crippen molar-refractivity contribution in [3.05, 3.63) is 24.0 Å². The Bertz CT molecular complexity index is 876. The molecule has 3 heterocycles. The smallest absolute Gasteiger partial charge is 0.281 e. The molecule has 0 aliphatic carbocycles. The number of hydrogen-bond acceptors (Lipinski definition) is 6. The van der Waals surface area contributed by atoms with Gasteiger partial charge in [0.2, 0.25) is 5.03 Å². The van der Waals surface area contributed by atoms with E-state index >= 15 is 0 Å². The van der Waals surface area contributed by atoms with Crippen LogP contribution in [0.3, 0.4) is 0 Å². The molecule has 8 nitrogen and oxygen atoms in total. The van der Waals surface area contributed by atoms with Crippen LogP contribution < -0.4 is 10.0 Å². The second-order valence-electron chi connectivity index (χ2n) is 4.26. The molecule has 3 aromatic rings. The maximum atomic E-state index is 12.6. The predicted octanol–water partition coefficient (Wildman–Crippen LogP) is 1.45. The Balaban J connectivity index is 2.05. The summed E-state index contributed by atoms with van der Waals surface area (Å²) < 4.78 is 30.9. The number of nitrogens with one attached hydrogen (secondary N) is 2. The van der Waals surface area contributed by atoms with E-state index in [4.69, 9.17) is 0 Å². The van der Waals surface area contributed by atoms with Crippen LogP contribution in [0.25, 0.3) is 4.96 Å². The molecule has 0 saturated carbocycles. The van der Waals surface area contributed by atoms with Crippen molar-refractivity contribution in [1.29, 1.82) is 0 Å². The zero-order valence-electron chi connectivity index (χ0n) is 11.4. The van der Waals surface area contributed by atoms with Crippen molar-refractivity contribution in [1.82, 2.24) is 19.2 Å². The number of hydrogen-bond donors (Lipinski definition) is 2.